The fraction of sp³-hybridized carbons (Fsp3) is 0.296. The number of hydrogen-bond donors (Lipinski definition) is 1. The van der Waals surface area contributed by atoms with E-state index < -0.39 is 0 Å². The molecule has 3 heterocycles. The van der Waals surface area contributed by atoms with E-state index in [1.807, 2.05) is 40.0 Å². The number of pyridine rings is 1. The molecule has 2 aromatic heterocycles. The van der Waals surface area contributed by atoms with Gasteiger partial charge in [0.15, 0.2) is 0 Å². The summed E-state index contributed by atoms with van der Waals surface area (Å²) < 4.78 is 14.1. The smallest absolute Gasteiger partial charge is 0.251 e. The molecule has 0 atom stereocenters. The van der Waals surface area contributed by atoms with E-state index in [-0.39, 0.29) is 11.4 Å². The molecular formula is C27H29FN4O. The SMILES string of the molecule is C=C(/C(C)=C(/C)c1nc(C)cc(=O)[nH]1)N1CCc2ncc(C3=CC(F)=CC=C(C)C3)cc2C1. The Morgan fingerprint density at radius 3 is 2.76 bits per heavy atom. The first kappa shape index (κ1) is 22.6. The van der Waals surface area contributed by atoms with Crippen molar-refractivity contribution in [2.45, 2.75) is 47.1 Å². The summed E-state index contributed by atoms with van der Waals surface area (Å²) in [6, 6.07) is 3.61. The second-order valence-electron chi connectivity index (χ2n) is 8.84. The minimum absolute atomic E-state index is 0.162. The van der Waals surface area contributed by atoms with Gasteiger partial charge in [0.2, 0.25) is 0 Å². The molecule has 2 aliphatic rings. The Morgan fingerprint density at radius 1 is 1.21 bits per heavy atom. The highest BCUT2D eigenvalue weighted by atomic mass is 19.1. The molecule has 1 aliphatic carbocycles. The minimum Gasteiger partial charge on any atom is -0.367 e. The van der Waals surface area contributed by atoms with Crippen LogP contribution in [0.2, 0.25) is 0 Å². The number of hydrogen-bond acceptors (Lipinski definition) is 4. The van der Waals surface area contributed by atoms with Gasteiger partial charge in [-0.3, -0.25) is 9.78 Å². The third-order valence-corrected chi connectivity index (χ3v) is 6.32. The van der Waals surface area contributed by atoms with Crippen molar-refractivity contribution in [3.05, 3.63) is 104 Å². The fourth-order valence-corrected chi connectivity index (χ4v) is 4.25. The van der Waals surface area contributed by atoms with Crippen LogP contribution < -0.4 is 5.56 Å². The molecule has 2 aromatic rings. The normalized spacial score (nSPS) is 16.8. The molecule has 1 aliphatic heterocycles. The van der Waals surface area contributed by atoms with Gasteiger partial charge in [-0.15, -0.1) is 0 Å². The third kappa shape index (κ3) is 4.95. The molecule has 6 heteroatoms. The number of aryl methyl sites for hydroxylation is 1. The molecule has 0 radical (unpaired) electrons. The molecule has 0 fully saturated rings. The Kier molecular flexibility index (Phi) is 6.27. The molecule has 1 N–H and O–H groups in total. The van der Waals surface area contributed by atoms with E-state index in [4.69, 9.17) is 4.98 Å². The average Bonchev–Trinajstić information content (AvgIpc) is 2.96. The molecule has 5 nitrogen and oxygen atoms in total. The first-order valence-electron chi connectivity index (χ1n) is 11.1. The van der Waals surface area contributed by atoms with Gasteiger partial charge in [0, 0.05) is 48.9 Å². The standard InChI is InChI=1S/C27H29FN4O/c1-16-6-7-24(28)13-21(10-16)22-12-23-15-32(9-8-25(23)29-14-22)20(5)18(3)19(4)27-30-17(2)11-26(33)31-27/h6-7,11-14H,5,8-10,15H2,1-4H3,(H,30,31,33)/b19-18-. The van der Waals surface area contributed by atoms with Crippen molar-refractivity contribution in [2.75, 3.05) is 6.54 Å². The number of aromatic amines is 1. The van der Waals surface area contributed by atoms with Crippen LogP contribution in [0.15, 0.2) is 70.6 Å². The largest absolute Gasteiger partial charge is 0.367 e. The number of allylic oxidation sites excluding steroid dienone is 8. The predicted molar refractivity (Wildman–Crippen MR) is 131 cm³/mol. The number of nitrogens with one attached hydrogen (secondary N) is 1. The molecule has 0 saturated heterocycles. The van der Waals surface area contributed by atoms with Crippen molar-refractivity contribution in [2.24, 2.45) is 0 Å². The predicted octanol–water partition coefficient (Wildman–Crippen LogP) is 5.43. The maximum absolute atomic E-state index is 14.1. The van der Waals surface area contributed by atoms with Gasteiger partial charge in [-0.2, -0.15) is 0 Å². The van der Waals surface area contributed by atoms with E-state index in [9.17, 15) is 9.18 Å². The number of rotatable bonds is 4. The summed E-state index contributed by atoms with van der Waals surface area (Å²) >= 11 is 0. The fourth-order valence-electron chi connectivity index (χ4n) is 4.25. The van der Waals surface area contributed by atoms with E-state index in [1.165, 1.54) is 12.1 Å². The molecule has 0 saturated carbocycles. The van der Waals surface area contributed by atoms with E-state index in [0.29, 0.717) is 24.5 Å². The number of aromatic nitrogens is 3. The summed E-state index contributed by atoms with van der Waals surface area (Å²) in [5.41, 5.74) is 8.49. The molecule has 170 valence electrons. The maximum Gasteiger partial charge on any atom is 0.251 e. The Balaban J connectivity index is 1.60. The van der Waals surface area contributed by atoms with Gasteiger partial charge >= 0.3 is 0 Å². The lowest BCUT2D eigenvalue weighted by molar-refractivity contribution is 0.326. The summed E-state index contributed by atoms with van der Waals surface area (Å²) in [6.07, 6.45) is 8.30. The first-order chi connectivity index (χ1) is 15.7. The number of H-pyrrole nitrogens is 1. The van der Waals surface area contributed by atoms with E-state index >= 15 is 0 Å². The van der Waals surface area contributed by atoms with Gasteiger partial charge in [0.05, 0.1) is 0 Å². The van der Waals surface area contributed by atoms with Crippen LogP contribution in [-0.4, -0.2) is 26.4 Å². The Bertz CT molecular complexity index is 1310. The van der Waals surface area contributed by atoms with Crippen LogP contribution in [0.1, 0.15) is 55.5 Å². The van der Waals surface area contributed by atoms with Gasteiger partial charge < -0.3 is 9.88 Å². The minimum atomic E-state index is -0.242. The maximum atomic E-state index is 14.1. The number of fused-ring (bicyclic) bond motifs is 1. The van der Waals surface area contributed by atoms with Crippen molar-refractivity contribution in [1.82, 2.24) is 19.9 Å². The molecule has 0 spiro atoms. The molecule has 33 heavy (non-hydrogen) atoms. The topological polar surface area (TPSA) is 61.9 Å². The van der Waals surface area contributed by atoms with Crippen LogP contribution in [0.3, 0.4) is 0 Å². The van der Waals surface area contributed by atoms with E-state index in [2.05, 4.69) is 27.5 Å². The van der Waals surface area contributed by atoms with Crippen LogP contribution in [0.5, 0.6) is 0 Å². The van der Waals surface area contributed by atoms with Crippen molar-refractivity contribution in [1.29, 1.82) is 0 Å². The summed E-state index contributed by atoms with van der Waals surface area (Å²) in [5.74, 6) is 0.326. The molecule has 0 aromatic carbocycles. The summed E-state index contributed by atoms with van der Waals surface area (Å²) in [7, 11) is 0. The number of nitrogens with zero attached hydrogens (tertiary/aromatic N) is 3. The van der Waals surface area contributed by atoms with E-state index in [1.54, 1.807) is 6.08 Å². The Labute approximate surface area is 193 Å². The van der Waals surface area contributed by atoms with E-state index in [0.717, 1.165) is 57.8 Å². The molecular weight excluding hydrogens is 415 g/mol. The van der Waals surface area contributed by atoms with Crippen LogP contribution in [0, 0.1) is 6.92 Å². The van der Waals surface area contributed by atoms with Crippen LogP contribution in [-0.2, 0) is 13.0 Å². The Hall–Kier alpha value is -3.54. The molecule has 0 bridgehead atoms. The lowest BCUT2D eigenvalue weighted by Crippen LogP contribution is -2.31. The number of halogens is 1. The molecule has 0 unspecified atom stereocenters. The highest BCUT2D eigenvalue weighted by molar-refractivity contribution is 5.71. The van der Waals surface area contributed by atoms with Crippen molar-refractivity contribution < 1.29 is 4.39 Å². The second kappa shape index (κ2) is 9.14. The highest BCUT2D eigenvalue weighted by Gasteiger charge is 2.21. The second-order valence-corrected chi connectivity index (χ2v) is 8.84. The quantitative estimate of drug-likeness (QED) is 0.639. The molecule has 4 rings (SSSR count). The first-order valence-corrected chi connectivity index (χ1v) is 11.1. The zero-order chi connectivity index (χ0) is 23.7. The average molecular weight is 445 g/mol. The van der Waals surface area contributed by atoms with Crippen LogP contribution in [0.25, 0.3) is 11.1 Å². The summed E-state index contributed by atoms with van der Waals surface area (Å²) in [5, 5.41) is 0. The van der Waals surface area contributed by atoms with Crippen molar-refractivity contribution in [3.63, 3.8) is 0 Å². The van der Waals surface area contributed by atoms with Gasteiger partial charge in [0.25, 0.3) is 5.56 Å². The zero-order valence-corrected chi connectivity index (χ0v) is 19.6. The van der Waals surface area contributed by atoms with Gasteiger partial charge in [-0.05, 0) is 80.2 Å². The highest BCUT2D eigenvalue weighted by Crippen LogP contribution is 2.31. The van der Waals surface area contributed by atoms with Gasteiger partial charge in [0.1, 0.15) is 11.7 Å². The third-order valence-electron chi connectivity index (χ3n) is 6.32. The zero-order valence-electron chi connectivity index (χ0n) is 19.6. The lowest BCUT2D eigenvalue weighted by atomic mass is 9.96. The van der Waals surface area contributed by atoms with Crippen LogP contribution in [0.4, 0.5) is 4.39 Å². The monoisotopic (exact) mass is 444 g/mol. The molecule has 0 amide bonds. The van der Waals surface area contributed by atoms with Crippen molar-refractivity contribution in [3.8, 4) is 0 Å². The van der Waals surface area contributed by atoms with Crippen molar-refractivity contribution >= 4 is 11.1 Å². The Morgan fingerprint density at radius 2 is 2.00 bits per heavy atom. The van der Waals surface area contributed by atoms with Crippen LogP contribution >= 0.6 is 0 Å². The van der Waals surface area contributed by atoms with Gasteiger partial charge in [-0.1, -0.05) is 18.2 Å². The lowest BCUT2D eigenvalue weighted by Gasteiger charge is -2.33. The summed E-state index contributed by atoms with van der Waals surface area (Å²) in [6.45, 7) is 13.6. The summed E-state index contributed by atoms with van der Waals surface area (Å²) in [4.78, 5) is 26.1. The van der Waals surface area contributed by atoms with Gasteiger partial charge in [-0.25, -0.2) is 9.37 Å².